The molecule has 0 bridgehead atoms. The summed E-state index contributed by atoms with van der Waals surface area (Å²) in [7, 11) is 0. The fraction of sp³-hybridized carbons (Fsp3) is 0.750. The fourth-order valence-electron chi connectivity index (χ4n) is 4.23. The molecule has 1 heterocycles. The molecule has 0 saturated heterocycles. The Balaban J connectivity index is 1.68. The molecular weight excluding hydrogens is 238 g/mol. The van der Waals surface area contributed by atoms with Crippen LogP contribution < -0.4 is 5.73 Å². The van der Waals surface area contributed by atoms with Crippen molar-refractivity contribution in [3.8, 4) is 0 Å². The Morgan fingerprint density at radius 2 is 1.94 bits per heavy atom. The number of hydrogen-bond donors (Lipinski definition) is 1. The van der Waals surface area contributed by atoms with E-state index < -0.39 is 0 Å². The van der Waals surface area contributed by atoms with E-state index in [1.54, 1.807) is 0 Å². The summed E-state index contributed by atoms with van der Waals surface area (Å²) in [6.07, 6.45) is 10.1. The van der Waals surface area contributed by atoms with E-state index in [4.69, 9.17) is 5.73 Å². The van der Waals surface area contributed by atoms with Gasteiger partial charge in [-0.2, -0.15) is 0 Å². The van der Waals surface area contributed by atoms with Crippen LogP contribution in [0.2, 0.25) is 0 Å². The molecule has 2 saturated carbocycles. The van der Waals surface area contributed by atoms with Gasteiger partial charge in [0.25, 0.3) is 0 Å². The van der Waals surface area contributed by atoms with Crippen molar-refractivity contribution < 1.29 is 0 Å². The minimum Gasteiger partial charge on any atom is -0.324 e. The molecule has 4 atom stereocenters. The molecule has 3 rings (SSSR count). The molecule has 2 N–H and O–H groups in total. The van der Waals surface area contributed by atoms with E-state index in [1.165, 1.54) is 55.4 Å². The summed E-state index contributed by atoms with van der Waals surface area (Å²) < 4.78 is 0. The quantitative estimate of drug-likeness (QED) is 0.825. The molecule has 1 aromatic rings. The second kappa shape index (κ2) is 5.34. The lowest BCUT2D eigenvalue weighted by Crippen LogP contribution is -2.33. The highest BCUT2D eigenvalue weighted by Gasteiger charge is 2.35. The second-order valence-electron chi connectivity index (χ2n) is 6.34. The molecule has 1 nitrogen and oxygen atoms in total. The molecule has 2 heteroatoms. The smallest absolute Gasteiger partial charge is 0.0334 e. The minimum atomic E-state index is 0.291. The zero-order chi connectivity index (χ0) is 12.5. The van der Waals surface area contributed by atoms with Crippen molar-refractivity contribution in [3.63, 3.8) is 0 Å². The maximum absolute atomic E-state index is 6.54. The van der Waals surface area contributed by atoms with Crippen LogP contribution in [0, 0.1) is 24.7 Å². The van der Waals surface area contributed by atoms with Crippen LogP contribution in [-0.4, -0.2) is 0 Å². The third-order valence-electron chi connectivity index (χ3n) is 5.35. The average molecular weight is 263 g/mol. The van der Waals surface area contributed by atoms with Crippen molar-refractivity contribution in [3.05, 3.63) is 21.9 Å². The van der Waals surface area contributed by atoms with Gasteiger partial charge in [-0.3, -0.25) is 0 Å². The second-order valence-corrected chi connectivity index (χ2v) is 7.46. The predicted molar refractivity (Wildman–Crippen MR) is 78.8 cm³/mol. The van der Waals surface area contributed by atoms with Gasteiger partial charge in [-0.1, -0.05) is 25.7 Å². The molecule has 2 aliphatic rings. The normalized spacial score (nSPS) is 34.0. The summed E-state index contributed by atoms with van der Waals surface area (Å²) in [4.78, 5) is 1.42. The van der Waals surface area contributed by atoms with Crippen molar-refractivity contribution >= 4 is 11.3 Å². The van der Waals surface area contributed by atoms with Crippen LogP contribution in [0.5, 0.6) is 0 Å². The van der Waals surface area contributed by atoms with Gasteiger partial charge in [0.05, 0.1) is 0 Å². The number of fused-ring (bicyclic) bond motifs is 1. The number of rotatable bonds is 2. The van der Waals surface area contributed by atoms with Crippen LogP contribution in [0.25, 0.3) is 0 Å². The summed E-state index contributed by atoms with van der Waals surface area (Å²) in [6, 6.07) is 2.54. The van der Waals surface area contributed by atoms with Gasteiger partial charge < -0.3 is 5.73 Å². The molecule has 18 heavy (non-hydrogen) atoms. The SMILES string of the molecule is Cc1sccc1C(N)C1CCC2CCCCC2C1. The lowest BCUT2D eigenvalue weighted by atomic mass is 9.65. The van der Waals surface area contributed by atoms with Crippen molar-refractivity contribution in [2.24, 2.45) is 23.5 Å². The summed E-state index contributed by atoms with van der Waals surface area (Å²) >= 11 is 1.84. The van der Waals surface area contributed by atoms with Crippen molar-refractivity contribution in [2.75, 3.05) is 0 Å². The summed E-state index contributed by atoms with van der Waals surface area (Å²) in [5.41, 5.74) is 7.96. The molecule has 1 aromatic heterocycles. The van der Waals surface area contributed by atoms with Crippen LogP contribution in [-0.2, 0) is 0 Å². The van der Waals surface area contributed by atoms with E-state index >= 15 is 0 Å². The van der Waals surface area contributed by atoms with Crippen LogP contribution in [0.3, 0.4) is 0 Å². The molecular formula is C16H25NS. The Morgan fingerprint density at radius 1 is 1.17 bits per heavy atom. The zero-order valence-electron chi connectivity index (χ0n) is 11.4. The van der Waals surface area contributed by atoms with Gasteiger partial charge in [-0.15, -0.1) is 11.3 Å². The van der Waals surface area contributed by atoms with E-state index in [2.05, 4.69) is 18.4 Å². The van der Waals surface area contributed by atoms with E-state index in [9.17, 15) is 0 Å². The van der Waals surface area contributed by atoms with Gasteiger partial charge in [0.1, 0.15) is 0 Å². The molecule has 0 aromatic carbocycles. The van der Waals surface area contributed by atoms with Gasteiger partial charge in [-0.05, 0) is 60.9 Å². The average Bonchev–Trinajstić information content (AvgIpc) is 2.83. The van der Waals surface area contributed by atoms with Crippen molar-refractivity contribution in [1.82, 2.24) is 0 Å². The first-order valence-corrected chi connectivity index (χ1v) is 8.43. The van der Waals surface area contributed by atoms with Crippen LogP contribution in [0.1, 0.15) is 61.4 Å². The highest BCUT2D eigenvalue weighted by atomic mass is 32.1. The maximum Gasteiger partial charge on any atom is 0.0334 e. The number of thiophene rings is 1. The van der Waals surface area contributed by atoms with Crippen LogP contribution >= 0.6 is 11.3 Å². The van der Waals surface area contributed by atoms with Gasteiger partial charge in [0.2, 0.25) is 0 Å². The third-order valence-corrected chi connectivity index (χ3v) is 6.21. The topological polar surface area (TPSA) is 26.0 Å². The summed E-state index contributed by atoms with van der Waals surface area (Å²) in [5, 5.41) is 2.19. The highest BCUT2D eigenvalue weighted by molar-refractivity contribution is 7.10. The largest absolute Gasteiger partial charge is 0.324 e. The van der Waals surface area contributed by atoms with E-state index in [0.29, 0.717) is 6.04 Å². The van der Waals surface area contributed by atoms with Gasteiger partial charge in [0, 0.05) is 10.9 Å². The van der Waals surface area contributed by atoms with Crippen LogP contribution in [0.15, 0.2) is 11.4 Å². The molecule has 4 unspecified atom stereocenters. The highest BCUT2D eigenvalue weighted by Crippen LogP contribution is 2.46. The molecule has 0 spiro atoms. The lowest BCUT2D eigenvalue weighted by Gasteiger charge is -2.41. The van der Waals surface area contributed by atoms with Gasteiger partial charge in [0.15, 0.2) is 0 Å². The maximum atomic E-state index is 6.54. The molecule has 100 valence electrons. The Labute approximate surface area is 115 Å². The van der Waals surface area contributed by atoms with Crippen molar-refractivity contribution in [1.29, 1.82) is 0 Å². The summed E-state index contributed by atoms with van der Waals surface area (Å²) in [5.74, 6) is 2.76. The van der Waals surface area contributed by atoms with Gasteiger partial charge in [-0.25, -0.2) is 0 Å². The minimum absolute atomic E-state index is 0.291. The lowest BCUT2D eigenvalue weighted by molar-refractivity contribution is 0.117. The first-order valence-electron chi connectivity index (χ1n) is 7.55. The van der Waals surface area contributed by atoms with E-state index in [0.717, 1.165) is 17.8 Å². The molecule has 2 aliphatic carbocycles. The molecule has 0 aliphatic heterocycles. The molecule has 0 amide bonds. The Morgan fingerprint density at radius 3 is 2.67 bits per heavy atom. The fourth-order valence-corrected chi connectivity index (χ4v) is 4.99. The van der Waals surface area contributed by atoms with Crippen LogP contribution in [0.4, 0.5) is 0 Å². The third kappa shape index (κ3) is 2.37. The molecule has 2 fully saturated rings. The summed E-state index contributed by atoms with van der Waals surface area (Å²) in [6.45, 7) is 2.21. The Kier molecular flexibility index (Phi) is 3.76. The number of hydrogen-bond acceptors (Lipinski definition) is 2. The van der Waals surface area contributed by atoms with E-state index in [-0.39, 0.29) is 0 Å². The monoisotopic (exact) mass is 263 g/mol. The number of aryl methyl sites for hydroxylation is 1. The first kappa shape index (κ1) is 12.7. The Hall–Kier alpha value is -0.340. The van der Waals surface area contributed by atoms with E-state index in [1.807, 2.05) is 11.3 Å². The first-order chi connectivity index (χ1) is 8.75. The predicted octanol–water partition coefficient (Wildman–Crippen LogP) is 4.66. The van der Waals surface area contributed by atoms with Crippen molar-refractivity contribution in [2.45, 2.75) is 57.9 Å². The van der Waals surface area contributed by atoms with Gasteiger partial charge >= 0.3 is 0 Å². The Bertz CT molecular complexity index is 398. The number of nitrogens with two attached hydrogens (primary N) is 1. The zero-order valence-corrected chi connectivity index (χ0v) is 12.2. The molecule has 0 radical (unpaired) electrons. The standard InChI is InChI=1S/C16H25NS/c1-11-15(8-9-18-11)16(17)14-7-6-12-4-2-3-5-13(12)10-14/h8-9,12-14,16H,2-7,10,17H2,1H3.